The van der Waals surface area contributed by atoms with Crippen LogP contribution in [0.2, 0.25) is 0 Å². The Morgan fingerprint density at radius 3 is 2.42 bits per heavy atom. The van der Waals surface area contributed by atoms with Gasteiger partial charge in [0.05, 0.1) is 27.4 Å². The SMILES string of the molecule is CCNC(=NCCCCN1CCOCC1)N1CCN(Cc2cc(OC)ccc2OC)CC1.I. The van der Waals surface area contributed by atoms with Crippen LogP contribution in [0, 0.1) is 0 Å². The van der Waals surface area contributed by atoms with Gasteiger partial charge >= 0.3 is 0 Å². The Morgan fingerprint density at radius 1 is 1.00 bits per heavy atom. The summed E-state index contributed by atoms with van der Waals surface area (Å²) in [5, 5.41) is 3.48. The molecule has 8 nitrogen and oxygen atoms in total. The zero-order valence-electron chi connectivity index (χ0n) is 20.6. The molecule has 188 valence electrons. The number of aliphatic imine (C=N–C) groups is 1. The second-order valence-electron chi connectivity index (χ2n) is 8.34. The number of guanidine groups is 1. The van der Waals surface area contributed by atoms with E-state index in [0.29, 0.717) is 0 Å². The standard InChI is InChI=1S/C24H41N5O3.HI/c1-4-25-24(26-9-5-6-10-27-15-17-32-18-16-27)29-13-11-28(12-14-29)20-21-19-22(30-2)7-8-23(21)31-3;/h7-8,19H,4-6,9-18,20H2,1-3H3,(H,25,26);1H. The van der Waals surface area contributed by atoms with Crippen LogP contribution in [0.4, 0.5) is 0 Å². The molecule has 9 heteroatoms. The number of unbranched alkanes of at least 4 members (excludes halogenated alkanes) is 1. The summed E-state index contributed by atoms with van der Waals surface area (Å²) < 4.78 is 16.4. The molecule has 2 fully saturated rings. The number of nitrogens with one attached hydrogen (secondary N) is 1. The van der Waals surface area contributed by atoms with Gasteiger partial charge in [-0.2, -0.15) is 0 Å². The molecular weight excluding hydrogens is 533 g/mol. The summed E-state index contributed by atoms with van der Waals surface area (Å²) in [6, 6.07) is 6.01. The summed E-state index contributed by atoms with van der Waals surface area (Å²) in [5.74, 6) is 2.84. The van der Waals surface area contributed by atoms with Gasteiger partial charge in [0.2, 0.25) is 0 Å². The molecule has 0 unspecified atom stereocenters. The second-order valence-corrected chi connectivity index (χ2v) is 8.34. The Balaban J connectivity index is 0.00000385. The van der Waals surface area contributed by atoms with Gasteiger partial charge in [0.25, 0.3) is 0 Å². The van der Waals surface area contributed by atoms with Crippen LogP contribution in [-0.2, 0) is 11.3 Å². The lowest BCUT2D eigenvalue weighted by Gasteiger charge is -2.36. The van der Waals surface area contributed by atoms with E-state index in [1.54, 1.807) is 14.2 Å². The smallest absolute Gasteiger partial charge is 0.194 e. The van der Waals surface area contributed by atoms with Crippen molar-refractivity contribution in [3.8, 4) is 11.5 Å². The van der Waals surface area contributed by atoms with Crippen molar-refractivity contribution in [2.24, 2.45) is 4.99 Å². The zero-order chi connectivity index (χ0) is 22.6. The summed E-state index contributed by atoms with van der Waals surface area (Å²) in [4.78, 5) is 12.3. The topological polar surface area (TPSA) is 61.8 Å². The maximum Gasteiger partial charge on any atom is 0.194 e. The highest BCUT2D eigenvalue weighted by molar-refractivity contribution is 14.0. The minimum absolute atomic E-state index is 0. The summed E-state index contributed by atoms with van der Waals surface area (Å²) in [5.41, 5.74) is 1.17. The van der Waals surface area contributed by atoms with Crippen molar-refractivity contribution in [2.45, 2.75) is 26.3 Å². The van der Waals surface area contributed by atoms with Crippen molar-refractivity contribution < 1.29 is 14.2 Å². The van der Waals surface area contributed by atoms with Gasteiger partial charge in [-0.3, -0.25) is 14.8 Å². The molecule has 0 aliphatic carbocycles. The Kier molecular flexibility index (Phi) is 13.2. The molecule has 0 bridgehead atoms. The van der Waals surface area contributed by atoms with Crippen LogP contribution in [-0.4, -0.2) is 107 Å². The second kappa shape index (κ2) is 15.6. The molecule has 0 amide bonds. The van der Waals surface area contributed by atoms with E-state index in [9.17, 15) is 0 Å². The fraction of sp³-hybridized carbons (Fsp3) is 0.708. The van der Waals surface area contributed by atoms with Gasteiger partial charge in [0.1, 0.15) is 11.5 Å². The summed E-state index contributed by atoms with van der Waals surface area (Å²) in [7, 11) is 3.43. The molecule has 0 radical (unpaired) electrons. The number of nitrogens with zero attached hydrogens (tertiary/aromatic N) is 4. The van der Waals surface area contributed by atoms with Gasteiger partial charge < -0.3 is 24.4 Å². The summed E-state index contributed by atoms with van der Waals surface area (Å²) in [6.07, 6.45) is 2.32. The van der Waals surface area contributed by atoms with E-state index in [2.05, 4.69) is 33.0 Å². The average Bonchev–Trinajstić information content (AvgIpc) is 2.84. The van der Waals surface area contributed by atoms with Crippen LogP contribution < -0.4 is 14.8 Å². The average molecular weight is 576 g/mol. The number of halogens is 1. The number of hydrogen-bond acceptors (Lipinski definition) is 6. The third-order valence-electron chi connectivity index (χ3n) is 6.14. The monoisotopic (exact) mass is 575 g/mol. The van der Waals surface area contributed by atoms with E-state index in [-0.39, 0.29) is 24.0 Å². The number of benzene rings is 1. The first-order valence-electron chi connectivity index (χ1n) is 12.0. The van der Waals surface area contributed by atoms with E-state index in [4.69, 9.17) is 19.2 Å². The molecule has 2 heterocycles. The van der Waals surface area contributed by atoms with E-state index in [1.807, 2.05) is 12.1 Å². The molecule has 1 aromatic carbocycles. The molecule has 0 atom stereocenters. The van der Waals surface area contributed by atoms with Crippen LogP contribution in [0.15, 0.2) is 23.2 Å². The highest BCUT2D eigenvalue weighted by Gasteiger charge is 2.21. The highest BCUT2D eigenvalue weighted by atomic mass is 127. The maximum atomic E-state index is 5.55. The molecule has 2 aliphatic heterocycles. The number of ether oxygens (including phenoxy) is 3. The molecule has 3 rings (SSSR count). The highest BCUT2D eigenvalue weighted by Crippen LogP contribution is 2.25. The predicted octanol–water partition coefficient (Wildman–Crippen LogP) is 2.52. The molecule has 0 spiro atoms. The minimum Gasteiger partial charge on any atom is -0.497 e. The van der Waals surface area contributed by atoms with E-state index in [1.165, 1.54) is 12.0 Å². The van der Waals surface area contributed by atoms with Crippen molar-refractivity contribution in [3.63, 3.8) is 0 Å². The third kappa shape index (κ3) is 9.11. The largest absolute Gasteiger partial charge is 0.497 e. The number of morpholine rings is 1. The minimum atomic E-state index is 0. The van der Waals surface area contributed by atoms with Gasteiger partial charge in [0, 0.05) is 64.5 Å². The van der Waals surface area contributed by atoms with Crippen LogP contribution >= 0.6 is 24.0 Å². The van der Waals surface area contributed by atoms with Crippen molar-refractivity contribution in [1.29, 1.82) is 0 Å². The molecule has 33 heavy (non-hydrogen) atoms. The lowest BCUT2D eigenvalue weighted by atomic mass is 10.1. The Morgan fingerprint density at radius 2 is 1.76 bits per heavy atom. The number of rotatable bonds is 10. The molecule has 1 N–H and O–H groups in total. The molecule has 2 saturated heterocycles. The van der Waals surface area contributed by atoms with Crippen LogP contribution in [0.1, 0.15) is 25.3 Å². The maximum absolute atomic E-state index is 5.55. The quantitative estimate of drug-likeness (QED) is 0.199. The van der Waals surface area contributed by atoms with Gasteiger partial charge in [-0.05, 0) is 44.5 Å². The third-order valence-corrected chi connectivity index (χ3v) is 6.14. The fourth-order valence-corrected chi connectivity index (χ4v) is 4.25. The summed E-state index contributed by atoms with van der Waals surface area (Å²) >= 11 is 0. The molecular formula is C24H42IN5O3. The summed E-state index contributed by atoms with van der Waals surface area (Å²) in [6.45, 7) is 13.8. The molecule has 2 aliphatic rings. The van der Waals surface area contributed by atoms with Crippen LogP contribution in [0.25, 0.3) is 0 Å². The molecule has 0 aromatic heterocycles. The van der Waals surface area contributed by atoms with Crippen molar-refractivity contribution in [2.75, 3.05) is 86.3 Å². The predicted molar refractivity (Wildman–Crippen MR) is 144 cm³/mol. The zero-order valence-corrected chi connectivity index (χ0v) is 22.9. The van der Waals surface area contributed by atoms with E-state index >= 15 is 0 Å². The van der Waals surface area contributed by atoms with Crippen LogP contribution in [0.3, 0.4) is 0 Å². The fourth-order valence-electron chi connectivity index (χ4n) is 4.25. The van der Waals surface area contributed by atoms with E-state index in [0.717, 1.165) is 103 Å². The number of hydrogen-bond donors (Lipinski definition) is 1. The van der Waals surface area contributed by atoms with Crippen LogP contribution in [0.5, 0.6) is 11.5 Å². The lowest BCUT2D eigenvalue weighted by Crippen LogP contribution is -2.52. The van der Waals surface area contributed by atoms with Gasteiger partial charge in [-0.15, -0.1) is 24.0 Å². The first-order chi connectivity index (χ1) is 15.7. The van der Waals surface area contributed by atoms with E-state index < -0.39 is 0 Å². The number of methoxy groups -OCH3 is 2. The Hall–Kier alpha value is -1.30. The lowest BCUT2D eigenvalue weighted by molar-refractivity contribution is 0.0373. The molecule has 0 saturated carbocycles. The molecule has 1 aromatic rings. The van der Waals surface area contributed by atoms with Crippen molar-refractivity contribution in [1.82, 2.24) is 20.0 Å². The Bertz CT molecular complexity index is 707. The Labute approximate surface area is 216 Å². The first-order valence-corrected chi connectivity index (χ1v) is 12.0. The van der Waals surface area contributed by atoms with Gasteiger partial charge in [-0.25, -0.2) is 0 Å². The normalized spacial score (nSPS) is 18.0. The first kappa shape index (κ1) is 27.9. The number of piperazine rings is 1. The van der Waals surface area contributed by atoms with Gasteiger partial charge in [-0.1, -0.05) is 0 Å². The van der Waals surface area contributed by atoms with Gasteiger partial charge in [0.15, 0.2) is 5.96 Å². The van der Waals surface area contributed by atoms with Crippen molar-refractivity contribution in [3.05, 3.63) is 23.8 Å². The van der Waals surface area contributed by atoms with Crippen molar-refractivity contribution >= 4 is 29.9 Å².